The third kappa shape index (κ3) is 1.99. The molecule has 0 aliphatic carbocycles. The minimum absolute atomic E-state index is 0.112. The standard InChI is InChI=1S/C10H21NO/c1-7(2)5-8-6-12-10(3,4)9(8)11/h7-9H,5-6,11H2,1-4H3. The molecule has 1 aliphatic rings. The van der Waals surface area contributed by atoms with Gasteiger partial charge in [0.1, 0.15) is 0 Å². The van der Waals surface area contributed by atoms with E-state index in [-0.39, 0.29) is 11.6 Å². The van der Waals surface area contributed by atoms with Gasteiger partial charge >= 0.3 is 0 Å². The molecular weight excluding hydrogens is 150 g/mol. The monoisotopic (exact) mass is 171 g/mol. The third-order valence-corrected chi connectivity index (χ3v) is 2.75. The highest BCUT2D eigenvalue weighted by Gasteiger charge is 2.40. The highest BCUT2D eigenvalue weighted by molar-refractivity contribution is 4.94. The molecule has 0 aromatic rings. The Morgan fingerprint density at radius 2 is 2.08 bits per heavy atom. The van der Waals surface area contributed by atoms with E-state index in [1.54, 1.807) is 0 Å². The lowest BCUT2D eigenvalue weighted by Gasteiger charge is -2.25. The Labute approximate surface area is 75.5 Å². The average Bonchev–Trinajstić information content (AvgIpc) is 2.15. The molecule has 2 heteroatoms. The summed E-state index contributed by atoms with van der Waals surface area (Å²) in [5, 5.41) is 0. The summed E-state index contributed by atoms with van der Waals surface area (Å²) in [6.07, 6.45) is 1.19. The maximum atomic E-state index is 6.08. The van der Waals surface area contributed by atoms with E-state index in [1.165, 1.54) is 6.42 Å². The van der Waals surface area contributed by atoms with E-state index >= 15 is 0 Å². The zero-order chi connectivity index (χ0) is 9.35. The number of rotatable bonds is 2. The van der Waals surface area contributed by atoms with Gasteiger partial charge < -0.3 is 10.5 Å². The second-order valence-corrected chi connectivity index (χ2v) is 4.83. The molecule has 0 bridgehead atoms. The first-order valence-electron chi connectivity index (χ1n) is 4.83. The Kier molecular flexibility index (Phi) is 2.79. The molecular formula is C10H21NO. The van der Waals surface area contributed by atoms with Crippen molar-refractivity contribution in [3.8, 4) is 0 Å². The lowest BCUT2D eigenvalue weighted by atomic mass is 9.86. The van der Waals surface area contributed by atoms with Crippen molar-refractivity contribution in [3.05, 3.63) is 0 Å². The highest BCUT2D eigenvalue weighted by Crippen LogP contribution is 2.31. The molecule has 1 aliphatic heterocycles. The van der Waals surface area contributed by atoms with Crippen molar-refractivity contribution in [2.45, 2.75) is 45.8 Å². The van der Waals surface area contributed by atoms with Gasteiger partial charge in [-0.2, -0.15) is 0 Å². The summed E-state index contributed by atoms with van der Waals surface area (Å²) in [5.41, 5.74) is 5.97. The van der Waals surface area contributed by atoms with Crippen molar-refractivity contribution in [3.63, 3.8) is 0 Å². The molecule has 1 rings (SSSR count). The predicted octanol–water partition coefficient (Wildman–Crippen LogP) is 1.78. The molecule has 72 valence electrons. The molecule has 0 aromatic carbocycles. The molecule has 2 N–H and O–H groups in total. The van der Waals surface area contributed by atoms with Gasteiger partial charge in [0.15, 0.2) is 0 Å². The summed E-state index contributed by atoms with van der Waals surface area (Å²) in [4.78, 5) is 0. The summed E-state index contributed by atoms with van der Waals surface area (Å²) < 4.78 is 5.64. The molecule has 12 heavy (non-hydrogen) atoms. The first-order chi connectivity index (χ1) is 5.43. The molecule has 0 aromatic heterocycles. The molecule has 1 saturated heterocycles. The molecule has 2 atom stereocenters. The quantitative estimate of drug-likeness (QED) is 0.687. The smallest absolute Gasteiger partial charge is 0.0780 e. The lowest BCUT2D eigenvalue weighted by molar-refractivity contribution is 0.0274. The first kappa shape index (κ1) is 10.0. The van der Waals surface area contributed by atoms with Gasteiger partial charge in [0, 0.05) is 12.0 Å². The fourth-order valence-electron chi connectivity index (χ4n) is 1.91. The van der Waals surface area contributed by atoms with Crippen LogP contribution < -0.4 is 5.73 Å². The van der Waals surface area contributed by atoms with E-state index in [0.717, 1.165) is 12.5 Å². The minimum Gasteiger partial charge on any atom is -0.374 e. The Hall–Kier alpha value is -0.0800. The second kappa shape index (κ2) is 3.35. The van der Waals surface area contributed by atoms with E-state index in [4.69, 9.17) is 10.5 Å². The average molecular weight is 171 g/mol. The van der Waals surface area contributed by atoms with Crippen LogP contribution in [0.5, 0.6) is 0 Å². The molecule has 1 heterocycles. The van der Waals surface area contributed by atoms with Gasteiger partial charge in [0.2, 0.25) is 0 Å². The van der Waals surface area contributed by atoms with Crippen LogP contribution in [-0.2, 0) is 4.74 Å². The predicted molar refractivity (Wildman–Crippen MR) is 51.0 cm³/mol. The number of hydrogen-bond acceptors (Lipinski definition) is 2. The van der Waals surface area contributed by atoms with Crippen LogP contribution in [0.25, 0.3) is 0 Å². The molecule has 2 unspecified atom stereocenters. The molecule has 0 amide bonds. The first-order valence-corrected chi connectivity index (χ1v) is 4.83. The van der Waals surface area contributed by atoms with Crippen LogP contribution in [0.4, 0.5) is 0 Å². The molecule has 0 radical (unpaired) electrons. The van der Waals surface area contributed by atoms with E-state index in [9.17, 15) is 0 Å². The summed E-state index contributed by atoms with van der Waals surface area (Å²) in [6.45, 7) is 9.47. The van der Waals surface area contributed by atoms with E-state index < -0.39 is 0 Å². The molecule has 0 spiro atoms. The van der Waals surface area contributed by atoms with Crippen LogP contribution in [0, 0.1) is 11.8 Å². The zero-order valence-electron chi connectivity index (χ0n) is 8.63. The van der Waals surface area contributed by atoms with Crippen LogP contribution in [0.15, 0.2) is 0 Å². The van der Waals surface area contributed by atoms with Gasteiger partial charge in [-0.25, -0.2) is 0 Å². The van der Waals surface area contributed by atoms with Crippen LogP contribution in [-0.4, -0.2) is 18.2 Å². The van der Waals surface area contributed by atoms with Gasteiger partial charge in [0.05, 0.1) is 12.2 Å². The number of nitrogens with two attached hydrogens (primary N) is 1. The third-order valence-electron chi connectivity index (χ3n) is 2.75. The van der Waals surface area contributed by atoms with Crippen LogP contribution in [0.3, 0.4) is 0 Å². The Morgan fingerprint density at radius 1 is 1.50 bits per heavy atom. The Bertz CT molecular complexity index is 154. The topological polar surface area (TPSA) is 35.2 Å². The zero-order valence-corrected chi connectivity index (χ0v) is 8.63. The molecule has 1 fully saturated rings. The summed E-state index contributed by atoms with van der Waals surface area (Å²) in [7, 11) is 0. The normalized spacial score (nSPS) is 34.5. The van der Waals surface area contributed by atoms with Gasteiger partial charge in [-0.15, -0.1) is 0 Å². The highest BCUT2D eigenvalue weighted by atomic mass is 16.5. The van der Waals surface area contributed by atoms with Crippen molar-refractivity contribution in [1.29, 1.82) is 0 Å². The van der Waals surface area contributed by atoms with Crippen molar-refractivity contribution in [2.75, 3.05) is 6.61 Å². The summed E-state index contributed by atoms with van der Waals surface area (Å²) in [5.74, 6) is 1.28. The Balaban J connectivity index is 2.50. The van der Waals surface area contributed by atoms with Gasteiger partial charge in [-0.3, -0.25) is 0 Å². The van der Waals surface area contributed by atoms with Crippen molar-refractivity contribution < 1.29 is 4.74 Å². The van der Waals surface area contributed by atoms with Crippen LogP contribution >= 0.6 is 0 Å². The van der Waals surface area contributed by atoms with E-state index in [2.05, 4.69) is 27.7 Å². The SMILES string of the molecule is CC(C)CC1COC(C)(C)C1N. The van der Waals surface area contributed by atoms with Gasteiger partial charge in [-0.05, 0) is 26.2 Å². The Morgan fingerprint density at radius 3 is 2.42 bits per heavy atom. The van der Waals surface area contributed by atoms with Crippen molar-refractivity contribution in [1.82, 2.24) is 0 Å². The number of ether oxygens (including phenoxy) is 1. The van der Waals surface area contributed by atoms with Crippen LogP contribution in [0.2, 0.25) is 0 Å². The lowest BCUT2D eigenvalue weighted by Crippen LogP contribution is -2.43. The largest absolute Gasteiger partial charge is 0.374 e. The maximum Gasteiger partial charge on any atom is 0.0780 e. The summed E-state index contributed by atoms with van der Waals surface area (Å²) >= 11 is 0. The molecule has 2 nitrogen and oxygen atoms in total. The van der Waals surface area contributed by atoms with Crippen LogP contribution in [0.1, 0.15) is 34.1 Å². The summed E-state index contributed by atoms with van der Waals surface area (Å²) in [6, 6.07) is 0.208. The maximum absolute atomic E-state index is 6.08. The van der Waals surface area contributed by atoms with Crippen molar-refractivity contribution >= 4 is 0 Å². The minimum atomic E-state index is -0.112. The van der Waals surface area contributed by atoms with E-state index in [0.29, 0.717) is 5.92 Å². The molecule has 0 saturated carbocycles. The fraction of sp³-hybridized carbons (Fsp3) is 1.00. The van der Waals surface area contributed by atoms with Gasteiger partial charge in [-0.1, -0.05) is 13.8 Å². The van der Waals surface area contributed by atoms with Gasteiger partial charge in [0.25, 0.3) is 0 Å². The second-order valence-electron chi connectivity index (χ2n) is 4.83. The van der Waals surface area contributed by atoms with E-state index in [1.807, 2.05) is 0 Å². The number of hydrogen-bond donors (Lipinski definition) is 1. The van der Waals surface area contributed by atoms with Crippen molar-refractivity contribution in [2.24, 2.45) is 17.6 Å². The fourth-order valence-corrected chi connectivity index (χ4v) is 1.91.